The third kappa shape index (κ3) is 3.57. The maximum absolute atomic E-state index is 6.15. The van der Waals surface area contributed by atoms with Crippen molar-refractivity contribution in [3.05, 3.63) is 48.0 Å². The molecule has 0 spiro atoms. The highest BCUT2D eigenvalue weighted by Crippen LogP contribution is 2.38. The molecule has 1 unspecified atom stereocenters. The van der Waals surface area contributed by atoms with Gasteiger partial charge in [-0.3, -0.25) is 0 Å². The van der Waals surface area contributed by atoms with E-state index in [9.17, 15) is 0 Å². The van der Waals surface area contributed by atoms with Crippen molar-refractivity contribution < 1.29 is 4.74 Å². The van der Waals surface area contributed by atoms with E-state index in [-0.39, 0.29) is 6.04 Å². The van der Waals surface area contributed by atoms with Gasteiger partial charge in [0.05, 0.1) is 26.4 Å². The molecule has 1 N–H and O–H groups in total. The lowest BCUT2D eigenvalue weighted by Crippen LogP contribution is -2.21. The molecule has 2 nitrogen and oxygen atoms in total. The van der Waals surface area contributed by atoms with E-state index in [2.05, 4.69) is 56.2 Å². The Hall–Kier alpha value is -0.0700. The van der Waals surface area contributed by atoms with Crippen LogP contribution < -0.4 is 10.1 Å². The van der Waals surface area contributed by atoms with Gasteiger partial charge in [-0.1, -0.05) is 24.6 Å². The van der Waals surface area contributed by atoms with Crippen molar-refractivity contribution in [1.82, 2.24) is 5.32 Å². The molecule has 1 aromatic carbocycles. The lowest BCUT2D eigenvalue weighted by Gasteiger charge is -2.18. The molecule has 0 bridgehead atoms. The Morgan fingerprint density at radius 3 is 2.60 bits per heavy atom. The lowest BCUT2D eigenvalue weighted by molar-refractivity contribution is 0.412. The molecule has 0 amide bonds. The van der Waals surface area contributed by atoms with Crippen LogP contribution in [0.5, 0.6) is 5.75 Å². The molecule has 2 rings (SSSR count). The first-order chi connectivity index (χ1) is 9.56. The maximum Gasteiger partial charge on any atom is 0.133 e. The minimum atomic E-state index is 0.121. The molecule has 0 fully saturated rings. The smallest absolute Gasteiger partial charge is 0.133 e. The molecule has 0 aliphatic rings. The van der Waals surface area contributed by atoms with Crippen molar-refractivity contribution in [3.8, 4) is 5.75 Å². The number of hydrogen-bond acceptors (Lipinski definition) is 3. The third-order valence-corrected chi connectivity index (χ3v) is 6.03. The zero-order chi connectivity index (χ0) is 14.7. The van der Waals surface area contributed by atoms with Crippen molar-refractivity contribution >= 4 is 54.8 Å². The van der Waals surface area contributed by atoms with Crippen molar-refractivity contribution in [2.24, 2.45) is 0 Å². The molecule has 0 aliphatic heterocycles. The van der Waals surface area contributed by atoms with Gasteiger partial charge in [-0.25, -0.2) is 0 Å². The molecule has 1 aromatic heterocycles. The van der Waals surface area contributed by atoms with Crippen LogP contribution in [0.1, 0.15) is 23.4 Å². The van der Waals surface area contributed by atoms with Crippen molar-refractivity contribution in [3.63, 3.8) is 0 Å². The standard InChI is InChI=1S/C14H14Br2ClNOS/c1-3-18-13(12-7-10(17)14(16)20-12)8-4-5-11(19-2)9(15)6-8/h4-7,13,18H,3H2,1-2H3. The molecule has 0 saturated carbocycles. The molecule has 1 heterocycles. The molecule has 1 atom stereocenters. The van der Waals surface area contributed by atoms with E-state index in [1.807, 2.05) is 12.1 Å². The molecule has 2 aromatic rings. The van der Waals surface area contributed by atoms with Gasteiger partial charge in [0.15, 0.2) is 0 Å². The first kappa shape index (κ1) is 16.3. The number of ether oxygens (including phenoxy) is 1. The van der Waals surface area contributed by atoms with Crippen LogP contribution in [-0.4, -0.2) is 13.7 Å². The highest BCUT2D eigenvalue weighted by molar-refractivity contribution is 9.11. The lowest BCUT2D eigenvalue weighted by atomic mass is 10.1. The number of halogens is 3. The summed E-state index contributed by atoms with van der Waals surface area (Å²) in [6.45, 7) is 2.97. The van der Waals surface area contributed by atoms with Gasteiger partial charge >= 0.3 is 0 Å². The first-order valence-electron chi connectivity index (χ1n) is 6.08. The fraction of sp³-hybridized carbons (Fsp3) is 0.286. The largest absolute Gasteiger partial charge is 0.496 e. The summed E-state index contributed by atoms with van der Waals surface area (Å²) in [7, 11) is 1.66. The summed E-state index contributed by atoms with van der Waals surface area (Å²) in [6.07, 6.45) is 0. The number of nitrogens with one attached hydrogen (secondary N) is 1. The summed E-state index contributed by atoms with van der Waals surface area (Å²) in [5.74, 6) is 0.828. The minimum absolute atomic E-state index is 0.121. The topological polar surface area (TPSA) is 21.3 Å². The van der Waals surface area contributed by atoms with Gasteiger partial charge in [0, 0.05) is 4.88 Å². The van der Waals surface area contributed by atoms with Crippen molar-refractivity contribution in [2.45, 2.75) is 13.0 Å². The summed E-state index contributed by atoms with van der Waals surface area (Å²) in [5, 5.41) is 4.24. The average molecular weight is 440 g/mol. The van der Waals surface area contributed by atoms with E-state index in [4.69, 9.17) is 16.3 Å². The summed E-state index contributed by atoms with van der Waals surface area (Å²) in [5.41, 5.74) is 1.17. The van der Waals surface area contributed by atoms with Crippen molar-refractivity contribution in [2.75, 3.05) is 13.7 Å². The summed E-state index contributed by atoms with van der Waals surface area (Å²) < 4.78 is 7.18. The Labute approximate surface area is 144 Å². The van der Waals surface area contributed by atoms with Gasteiger partial charge in [0.1, 0.15) is 5.75 Å². The van der Waals surface area contributed by atoms with Crippen molar-refractivity contribution in [1.29, 1.82) is 0 Å². The van der Waals surface area contributed by atoms with Gasteiger partial charge < -0.3 is 10.1 Å². The van der Waals surface area contributed by atoms with Crippen LogP contribution in [-0.2, 0) is 0 Å². The van der Waals surface area contributed by atoms with E-state index in [1.54, 1.807) is 18.4 Å². The molecular weight excluding hydrogens is 425 g/mol. The van der Waals surface area contributed by atoms with Crippen LogP contribution in [0.4, 0.5) is 0 Å². The zero-order valence-corrected chi connectivity index (χ0v) is 15.8. The van der Waals surface area contributed by atoms with Gasteiger partial charge in [0.25, 0.3) is 0 Å². The van der Waals surface area contributed by atoms with Crippen LogP contribution in [0.25, 0.3) is 0 Å². The normalized spacial score (nSPS) is 12.4. The number of methoxy groups -OCH3 is 1. The molecule has 0 saturated heterocycles. The number of hydrogen-bond donors (Lipinski definition) is 1. The second-order valence-corrected chi connectivity index (χ2v) is 7.82. The van der Waals surface area contributed by atoms with Crippen LogP contribution in [0.3, 0.4) is 0 Å². The minimum Gasteiger partial charge on any atom is -0.496 e. The molecule has 108 valence electrons. The van der Waals surface area contributed by atoms with Gasteiger partial charge in [-0.2, -0.15) is 0 Å². The Kier molecular flexibility index (Phi) is 5.93. The highest BCUT2D eigenvalue weighted by Gasteiger charge is 2.18. The average Bonchev–Trinajstić information content (AvgIpc) is 2.75. The van der Waals surface area contributed by atoms with E-state index >= 15 is 0 Å². The maximum atomic E-state index is 6.15. The van der Waals surface area contributed by atoms with Crippen LogP contribution >= 0.6 is 54.8 Å². The van der Waals surface area contributed by atoms with Gasteiger partial charge in [0.2, 0.25) is 0 Å². The number of benzene rings is 1. The fourth-order valence-corrected chi connectivity index (χ4v) is 4.36. The second-order valence-electron chi connectivity index (χ2n) is 4.16. The van der Waals surface area contributed by atoms with Crippen LogP contribution in [0.2, 0.25) is 5.02 Å². The quantitative estimate of drug-likeness (QED) is 0.652. The fourth-order valence-electron chi connectivity index (χ4n) is 1.95. The molecule has 0 aliphatic carbocycles. The Bertz CT molecular complexity index is 583. The van der Waals surface area contributed by atoms with E-state index in [0.717, 1.165) is 25.6 Å². The summed E-state index contributed by atoms with van der Waals surface area (Å²) in [4.78, 5) is 1.18. The van der Waals surface area contributed by atoms with Gasteiger partial charge in [-0.15, -0.1) is 11.3 Å². The predicted molar refractivity (Wildman–Crippen MR) is 93.2 cm³/mol. The van der Waals surface area contributed by atoms with Crippen LogP contribution in [0, 0.1) is 0 Å². The van der Waals surface area contributed by atoms with E-state index in [0.29, 0.717) is 0 Å². The molecule has 0 radical (unpaired) electrons. The Balaban J connectivity index is 2.40. The van der Waals surface area contributed by atoms with Crippen LogP contribution in [0.15, 0.2) is 32.5 Å². The summed E-state index contributed by atoms with van der Waals surface area (Å²) >= 11 is 14.8. The Morgan fingerprint density at radius 2 is 2.10 bits per heavy atom. The van der Waals surface area contributed by atoms with Gasteiger partial charge in [-0.05, 0) is 62.2 Å². The SMILES string of the molecule is CCNC(c1ccc(OC)c(Br)c1)c1cc(Cl)c(Br)s1. The van der Waals surface area contributed by atoms with E-state index in [1.165, 1.54) is 10.4 Å². The first-order valence-corrected chi connectivity index (χ1v) is 8.86. The monoisotopic (exact) mass is 437 g/mol. The number of thiophene rings is 1. The zero-order valence-electron chi connectivity index (χ0n) is 11.0. The molecular formula is C14H14Br2ClNOS. The third-order valence-electron chi connectivity index (χ3n) is 2.87. The second kappa shape index (κ2) is 7.27. The molecule has 6 heteroatoms. The Morgan fingerprint density at radius 1 is 1.35 bits per heavy atom. The predicted octanol–water partition coefficient (Wildman–Crippen LogP) is 5.63. The highest BCUT2D eigenvalue weighted by atomic mass is 79.9. The van der Waals surface area contributed by atoms with E-state index < -0.39 is 0 Å². The number of rotatable bonds is 5. The summed E-state index contributed by atoms with van der Waals surface area (Å²) in [6, 6.07) is 8.23. The molecule has 20 heavy (non-hydrogen) atoms.